The van der Waals surface area contributed by atoms with E-state index in [-0.39, 0.29) is 79.6 Å². The number of aromatic nitrogens is 4. The average Bonchev–Trinajstić information content (AvgIpc) is 1.65. The van der Waals surface area contributed by atoms with Crippen LogP contribution in [0.25, 0.3) is 21.8 Å². The Kier molecular flexibility index (Phi) is 22.7. The number of aliphatic carboxylic acids is 1. The van der Waals surface area contributed by atoms with Crippen molar-refractivity contribution in [3.8, 4) is 5.75 Å². The smallest absolute Gasteiger partial charge is 0.305 e. The minimum Gasteiger partial charge on any atom is -0.508 e. The maximum atomic E-state index is 15.2. The van der Waals surface area contributed by atoms with Crippen molar-refractivity contribution >= 4 is 110 Å². The van der Waals surface area contributed by atoms with Gasteiger partial charge in [0.05, 0.1) is 12.7 Å². The van der Waals surface area contributed by atoms with E-state index in [1.54, 1.807) is 0 Å². The zero-order chi connectivity index (χ0) is 70.7. The fourth-order valence-electron chi connectivity index (χ4n) is 12.1. The fourth-order valence-corrected chi connectivity index (χ4v) is 14.0. The van der Waals surface area contributed by atoms with Gasteiger partial charge in [0.25, 0.3) is 0 Å². The van der Waals surface area contributed by atoms with Gasteiger partial charge in [-0.1, -0.05) is 36.4 Å². The number of hydrogen-bond acceptors (Lipinski definition) is 15. The molecule has 27 nitrogen and oxygen atoms in total. The first kappa shape index (κ1) is 71.5. The monoisotopic (exact) mass is 1400 g/mol. The van der Waals surface area contributed by atoms with E-state index in [0.717, 1.165) is 11.1 Å². The molecule has 4 aromatic carbocycles. The number of phenols is 1. The lowest BCUT2D eigenvalue weighted by atomic mass is 9.95. The number of carbonyl (C=O) groups is 11. The van der Waals surface area contributed by atoms with E-state index in [9.17, 15) is 52.6 Å². The SMILES string of the molecule is C[C@H]1NC(=O)C2(CC2)NC(=O)CCSCc2cccc(c2)CSC[C@@H](C(N)=O)NC(=O)[C@]2(C)CCCN2C(=O)[C@H](Cc2ccc(O)cc2)NC(=O)[C@H](Cc2cnc[nH]2)NC(=O)[C@H](CC(=O)O)NC(=O)[C@H](Cc2c[nH]c3ccc(F)cc23)NC(=O)[C@@H](Cc2c[nH]c3ccc(F)cc23)NC1=O. The van der Waals surface area contributed by atoms with Crippen LogP contribution in [0.1, 0.15) is 85.9 Å². The summed E-state index contributed by atoms with van der Waals surface area (Å²) >= 11 is 2.81. The first-order valence-electron chi connectivity index (χ1n) is 32.1. The van der Waals surface area contributed by atoms with E-state index >= 15 is 19.2 Å². The summed E-state index contributed by atoms with van der Waals surface area (Å²) < 4.78 is 29.8. The highest BCUT2D eigenvalue weighted by molar-refractivity contribution is 7.98. The predicted molar refractivity (Wildman–Crippen MR) is 362 cm³/mol. The van der Waals surface area contributed by atoms with Gasteiger partial charge in [0.2, 0.25) is 59.1 Å². The Morgan fingerprint density at radius 1 is 0.646 bits per heavy atom. The Balaban J connectivity index is 0.982. The quantitative estimate of drug-likeness (QED) is 0.0885. The van der Waals surface area contributed by atoms with Crippen molar-refractivity contribution in [2.75, 3.05) is 18.1 Å². The van der Waals surface area contributed by atoms with Gasteiger partial charge in [-0.25, -0.2) is 13.8 Å². The standard InChI is InChI=1S/C68H76F2N14O13S2/c1-36-59(90)77-50(23-40-29-73-48-13-9-42(69)25-46(40)48)60(91)78-51(24-41-30-74-49-14-10-43(70)26-47(41)49)61(92)80-53(28-57(87)88)63(94)79-52(27-44-31-72-35-75-44)62(93)81-54(22-37-7-11-45(85)12-8-37)64(95)84-19-4-16-67(84,2)65(96)82-55(58(71)89)34-99-33-39-6-3-5-38(21-39)32-98-20-15-56(86)83-68(17-18-68)66(97)76-36/h3,5-14,21,25-26,29-31,35-36,50-55,73-74,85H,4,15-20,22-24,27-28,32-34H2,1-2H3,(H2,71,89)(H,72,75)(H,76,97)(H,77,90)(H,78,91)(H,79,94)(H,80,92)(H,81,93)(H,82,96)(H,83,86)(H,87,88)/t36-,50-,51+,52+,53+,54+,55+,67+/m1/s1. The maximum Gasteiger partial charge on any atom is 0.305 e. The largest absolute Gasteiger partial charge is 0.508 e. The third kappa shape index (κ3) is 18.1. The van der Waals surface area contributed by atoms with Gasteiger partial charge >= 0.3 is 5.97 Å². The van der Waals surface area contributed by atoms with E-state index in [4.69, 9.17) is 5.73 Å². The van der Waals surface area contributed by atoms with Crippen LogP contribution in [0.4, 0.5) is 8.78 Å². The van der Waals surface area contributed by atoms with Crippen LogP contribution in [0.3, 0.4) is 0 Å². The van der Waals surface area contributed by atoms with Crippen molar-refractivity contribution in [2.24, 2.45) is 5.73 Å². The average molecular weight is 1400 g/mol. The lowest BCUT2D eigenvalue weighted by Crippen LogP contribution is -2.63. The van der Waals surface area contributed by atoms with Crippen LogP contribution >= 0.6 is 23.5 Å². The van der Waals surface area contributed by atoms with Crippen molar-refractivity contribution in [1.29, 1.82) is 0 Å². The van der Waals surface area contributed by atoms with E-state index in [1.807, 2.05) is 24.3 Å². The molecule has 0 radical (unpaired) electrons. The summed E-state index contributed by atoms with van der Waals surface area (Å²) in [6.45, 7) is 2.89. The van der Waals surface area contributed by atoms with E-state index in [0.29, 0.717) is 51.2 Å². The third-order valence-corrected chi connectivity index (χ3v) is 20.0. The molecular formula is C68H76F2N14O13S2. The molecule has 10 amide bonds. The number of aromatic amines is 3. The van der Waals surface area contributed by atoms with E-state index < -0.39 is 143 Å². The number of H-pyrrole nitrogens is 3. The van der Waals surface area contributed by atoms with Gasteiger partial charge in [0, 0.05) is 108 Å². The van der Waals surface area contributed by atoms with Gasteiger partial charge in [-0.2, -0.15) is 23.5 Å². The number of fused-ring (bicyclic) bond motifs is 5. The Labute approximate surface area is 574 Å². The molecule has 5 heterocycles. The summed E-state index contributed by atoms with van der Waals surface area (Å²) in [5.74, 6) is -10.4. The number of hydrogen-bond donors (Lipinski definition) is 14. The van der Waals surface area contributed by atoms with Crippen LogP contribution in [0, 0.1) is 11.6 Å². The third-order valence-electron chi connectivity index (χ3n) is 17.8. The van der Waals surface area contributed by atoms with Crippen molar-refractivity contribution < 1.29 is 71.7 Å². The molecule has 99 heavy (non-hydrogen) atoms. The Morgan fingerprint density at radius 3 is 1.79 bits per heavy atom. The zero-order valence-corrected chi connectivity index (χ0v) is 55.6. The molecule has 7 aromatic rings. The second-order valence-corrected chi connectivity index (χ2v) is 27.4. The van der Waals surface area contributed by atoms with Crippen LogP contribution in [0.15, 0.2) is 110 Å². The second kappa shape index (κ2) is 31.5. The van der Waals surface area contributed by atoms with Gasteiger partial charge in [-0.3, -0.25) is 52.7 Å². The van der Waals surface area contributed by atoms with Crippen molar-refractivity contribution in [1.82, 2.24) is 67.4 Å². The van der Waals surface area contributed by atoms with E-state index in [1.165, 1.54) is 128 Å². The molecule has 15 N–H and O–H groups in total. The molecule has 522 valence electrons. The molecule has 2 bridgehead atoms. The number of benzene rings is 4. The molecule has 31 heteroatoms. The fraction of sp³-hybridized carbons (Fsp3) is 0.382. The number of halogens is 2. The molecule has 1 saturated heterocycles. The molecule has 1 spiro atoms. The summed E-state index contributed by atoms with van der Waals surface area (Å²) in [5, 5.41) is 42.3. The number of primary amides is 1. The number of carboxylic acid groups (broad SMARTS) is 1. The molecule has 2 aliphatic heterocycles. The van der Waals surface area contributed by atoms with Crippen LogP contribution in [-0.2, 0) is 89.9 Å². The maximum absolute atomic E-state index is 15.2. The Morgan fingerprint density at radius 2 is 1.21 bits per heavy atom. The van der Waals surface area contributed by atoms with Gasteiger partial charge in [-0.15, -0.1) is 0 Å². The van der Waals surface area contributed by atoms with Gasteiger partial charge in [0.15, 0.2) is 0 Å². The molecule has 1 saturated carbocycles. The first-order chi connectivity index (χ1) is 47.3. The summed E-state index contributed by atoms with van der Waals surface area (Å²) in [5.41, 5.74) is 6.91. The van der Waals surface area contributed by atoms with Crippen molar-refractivity contribution in [3.63, 3.8) is 0 Å². The highest BCUT2D eigenvalue weighted by atomic mass is 32.2. The van der Waals surface area contributed by atoms with Gasteiger partial charge in [-0.05, 0) is 116 Å². The molecule has 2 fully saturated rings. The van der Waals surface area contributed by atoms with Gasteiger partial charge in [0.1, 0.15) is 70.8 Å². The lowest BCUT2D eigenvalue weighted by molar-refractivity contribution is -0.147. The number of imidazole rings is 1. The molecule has 1 aliphatic carbocycles. The highest BCUT2D eigenvalue weighted by Gasteiger charge is 2.52. The second-order valence-electron chi connectivity index (χ2n) is 25.2. The minimum absolute atomic E-state index is 0.0189. The van der Waals surface area contributed by atoms with E-state index in [2.05, 4.69) is 62.5 Å². The summed E-state index contributed by atoms with van der Waals surface area (Å²) in [6, 6.07) is 9.82. The number of nitrogens with two attached hydrogens (primary N) is 1. The molecule has 8 atom stereocenters. The number of aromatic hydroxyl groups is 1. The predicted octanol–water partition coefficient (Wildman–Crippen LogP) is 2.60. The number of thioether (sulfide) groups is 2. The zero-order valence-electron chi connectivity index (χ0n) is 54.0. The Hall–Kier alpha value is -10.3. The number of amides is 10. The summed E-state index contributed by atoms with van der Waals surface area (Å²) in [4.78, 5) is 171. The molecular weight excluding hydrogens is 1320 g/mol. The number of phenolic OH excluding ortho intramolecular Hbond substituents is 1. The number of nitrogens with zero attached hydrogens (tertiary/aromatic N) is 2. The topological polar surface area (TPSA) is 414 Å². The molecule has 0 unspecified atom stereocenters. The molecule has 3 aliphatic rings. The number of carboxylic acids is 1. The normalized spacial score (nSPS) is 23.9. The van der Waals surface area contributed by atoms with Crippen LogP contribution in [0.2, 0.25) is 0 Å². The van der Waals surface area contributed by atoms with Crippen molar-refractivity contribution in [2.45, 2.75) is 143 Å². The lowest BCUT2D eigenvalue weighted by Gasteiger charge is -2.37. The van der Waals surface area contributed by atoms with Crippen LogP contribution in [0.5, 0.6) is 5.75 Å². The molecule has 10 rings (SSSR count). The Bertz CT molecular complexity index is 4210. The van der Waals surface area contributed by atoms with Gasteiger partial charge < -0.3 is 78.3 Å². The summed E-state index contributed by atoms with van der Waals surface area (Å²) in [6.07, 6.45) is 3.97. The molecule has 3 aromatic heterocycles. The summed E-state index contributed by atoms with van der Waals surface area (Å²) in [7, 11) is 0. The first-order valence-corrected chi connectivity index (χ1v) is 34.4. The number of carbonyl (C=O) groups excluding carboxylic acids is 10. The van der Waals surface area contributed by atoms with Crippen LogP contribution in [-0.4, -0.2) is 172 Å². The number of rotatable bonds is 11. The minimum atomic E-state index is -2.04. The van der Waals surface area contributed by atoms with Crippen molar-refractivity contribution in [3.05, 3.63) is 155 Å². The highest BCUT2D eigenvalue weighted by Crippen LogP contribution is 2.36. The van der Waals surface area contributed by atoms with Crippen LogP contribution < -0.4 is 48.3 Å². The number of nitrogens with one attached hydrogen (secondary N) is 11.